The number of fused-ring (bicyclic) bond motifs is 3. The molecule has 1 aromatic carbocycles. The van der Waals surface area contributed by atoms with Gasteiger partial charge in [-0.05, 0) is 51.4 Å². The Bertz CT molecular complexity index is 637. The van der Waals surface area contributed by atoms with Gasteiger partial charge in [-0.3, -0.25) is 0 Å². The smallest absolute Gasteiger partial charge is 0.106 e. The molecule has 0 amide bonds. The van der Waals surface area contributed by atoms with E-state index in [0.29, 0.717) is 0 Å². The molecule has 1 N–H and O–H groups in total. The molecule has 1 atom stereocenters. The summed E-state index contributed by atoms with van der Waals surface area (Å²) in [6.07, 6.45) is 2.21. The molecule has 0 fully saturated rings. The van der Waals surface area contributed by atoms with E-state index in [1.807, 2.05) is 0 Å². The van der Waals surface area contributed by atoms with Crippen molar-refractivity contribution in [1.29, 1.82) is 0 Å². The summed E-state index contributed by atoms with van der Waals surface area (Å²) in [7, 11) is 0. The zero-order chi connectivity index (χ0) is 14.9. The van der Waals surface area contributed by atoms with Crippen LogP contribution >= 0.6 is 12.4 Å². The SMILES string of the molecule is CCNCCCC1(C)OCCn2c1c(C)c1ccccc12.Cl. The van der Waals surface area contributed by atoms with E-state index in [0.717, 1.165) is 39.1 Å². The van der Waals surface area contributed by atoms with Crippen LogP contribution in [0.15, 0.2) is 24.3 Å². The van der Waals surface area contributed by atoms with E-state index < -0.39 is 0 Å². The fourth-order valence-corrected chi connectivity index (χ4v) is 3.74. The van der Waals surface area contributed by atoms with Crippen molar-refractivity contribution in [1.82, 2.24) is 9.88 Å². The van der Waals surface area contributed by atoms with E-state index in [-0.39, 0.29) is 18.0 Å². The Balaban J connectivity index is 0.00000176. The summed E-state index contributed by atoms with van der Waals surface area (Å²) < 4.78 is 8.71. The molecule has 1 aliphatic rings. The quantitative estimate of drug-likeness (QED) is 0.842. The Morgan fingerprint density at radius 1 is 1.32 bits per heavy atom. The number of aromatic nitrogens is 1. The van der Waals surface area contributed by atoms with Crippen molar-refractivity contribution in [3.63, 3.8) is 0 Å². The molecule has 0 saturated carbocycles. The van der Waals surface area contributed by atoms with E-state index in [1.165, 1.54) is 22.2 Å². The topological polar surface area (TPSA) is 26.2 Å². The number of aryl methyl sites for hydroxylation is 1. The normalized spacial score (nSPS) is 20.7. The van der Waals surface area contributed by atoms with Gasteiger partial charge in [-0.2, -0.15) is 0 Å². The minimum Gasteiger partial charge on any atom is -0.367 e. The van der Waals surface area contributed by atoms with Crippen molar-refractivity contribution in [2.45, 2.75) is 45.8 Å². The number of rotatable bonds is 5. The standard InChI is InChI=1S/C18H26N2O.ClH/c1-4-19-11-7-10-18(3)17-14(2)15-8-5-6-9-16(15)20(17)12-13-21-18;/h5-6,8-9,19H,4,7,10-13H2,1-3H3;1H. The lowest BCUT2D eigenvalue weighted by Crippen LogP contribution is -2.36. The van der Waals surface area contributed by atoms with Crippen LogP contribution in [0.5, 0.6) is 0 Å². The van der Waals surface area contributed by atoms with Crippen LogP contribution in [-0.2, 0) is 16.9 Å². The number of nitrogens with zero attached hydrogens (tertiary/aromatic N) is 1. The van der Waals surface area contributed by atoms with Crippen molar-refractivity contribution in [3.05, 3.63) is 35.5 Å². The van der Waals surface area contributed by atoms with Gasteiger partial charge in [-0.15, -0.1) is 12.4 Å². The van der Waals surface area contributed by atoms with Gasteiger partial charge in [0.25, 0.3) is 0 Å². The Labute approximate surface area is 139 Å². The second kappa shape index (κ2) is 7.03. The number of para-hydroxylation sites is 1. The summed E-state index contributed by atoms with van der Waals surface area (Å²) in [5.74, 6) is 0. The van der Waals surface area contributed by atoms with Crippen molar-refractivity contribution >= 4 is 23.3 Å². The first-order valence-electron chi connectivity index (χ1n) is 8.10. The van der Waals surface area contributed by atoms with Gasteiger partial charge in [0.1, 0.15) is 5.60 Å². The number of hydrogen-bond donors (Lipinski definition) is 1. The molecule has 1 aromatic heterocycles. The van der Waals surface area contributed by atoms with Crippen LogP contribution in [0.2, 0.25) is 0 Å². The lowest BCUT2D eigenvalue weighted by atomic mass is 9.91. The average molecular weight is 323 g/mol. The highest BCUT2D eigenvalue weighted by molar-refractivity contribution is 5.86. The number of hydrogen-bond acceptors (Lipinski definition) is 2. The van der Waals surface area contributed by atoms with Crippen molar-refractivity contribution in [3.8, 4) is 0 Å². The molecule has 2 heterocycles. The van der Waals surface area contributed by atoms with E-state index in [1.54, 1.807) is 0 Å². The minimum absolute atomic E-state index is 0. The van der Waals surface area contributed by atoms with E-state index in [4.69, 9.17) is 4.74 Å². The predicted octanol–water partition coefficient (Wildman–Crippen LogP) is 4.01. The first-order chi connectivity index (χ1) is 10.2. The Morgan fingerprint density at radius 2 is 2.09 bits per heavy atom. The van der Waals surface area contributed by atoms with E-state index in [9.17, 15) is 0 Å². The summed E-state index contributed by atoms with van der Waals surface area (Å²) in [6, 6.07) is 8.73. The lowest BCUT2D eigenvalue weighted by molar-refractivity contribution is -0.0703. The molecule has 4 heteroatoms. The number of halogens is 1. The van der Waals surface area contributed by atoms with Gasteiger partial charge in [-0.25, -0.2) is 0 Å². The van der Waals surface area contributed by atoms with Gasteiger partial charge in [-0.1, -0.05) is 25.1 Å². The zero-order valence-electron chi connectivity index (χ0n) is 13.8. The maximum absolute atomic E-state index is 6.23. The second-order valence-electron chi connectivity index (χ2n) is 6.18. The van der Waals surface area contributed by atoms with E-state index >= 15 is 0 Å². The monoisotopic (exact) mass is 322 g/mol. The highest BCUT2D eigenvalue weighted by Crippen LogP contribution is 2.40. The van der Waals surface area contributed by atoms with Crippen LogP contribution in [0.25, 0.3) is 10.9 Å². The third-order valence-corrected chi connectivity index (χ3v) is 4.72. The third-order valence-electron chi connectivity index (χ3n) is 4.72. The van der Waals surface area contributed by atoms with Crippen LogP contribution in [-0.4, -0.2) is 24.3 Å². The number of benzene rings is 1. The summed E-state index contributed by atoms with van der Waals surface area (Å²) in [6.45, 7) is 10.5. The van der Waals surface area contributed by atoms with Gasteiger partial charge < -0.3 is 14.6 Å². The first-order valence-corrected chi connectivity index (χ1v) is 8.10. The van der Waals surface area contributed by atoms with E-state index in [2.05, 4.69) is 54.9 Å². The van der Waals surface area contributed by atoms with Crippen molar-refractivity contribution < 1.29 is 4.74 Å². The summed E-state index contributed by atoms with van der Waals surface area (Å²) in [5.41, 5.74) is 3.96. The first kappa shape index (κ1) is 17.3. The largest absolute Gasteiger partial charge is 0.367 e. The molecule has 1 unspecified atom stereocenters. The third kappa shape index (κ3) is 2.90. The van der Waals surface area contributed by atoms with Gasteiger partial charge in [0.2, 0.25) is 0 Å². The molecular formula is C18H27ClN2O. The van der Waals surface area contributed by atoms with Crippen LogP contribution in [0.3, 0.4) is 0 Å². The summed E-state index contributed by atoms with van der Waals surface area (Å²) in [5, 5.41) is 4.78. The summed E-state index contributed by atoms with van der Waals surface area (Å²) >= 11 is 0. The molecule has 3 nitrogen and oxygen atoms in total. The lowest BCUT2D eigenvalue weighted by Gasteiger charge is -2.36. The highest BCUT2D eigenvalue weighted by Gasteiger charge is 2.36. The Kier molecular flexibility index (Phi) is 5.54. The molecule has 0 bridgehead atoms. The highest BCUT2D eigenvalue weighted by atomic mass is 35.5. The molecule has 2 aromatic rings. The molecule has 0 radical (unpaired) electrons. The van der Waals surface area contributed by atoms with Crippen LogP contribution in [0, 0.1) is 6.92 Å². The fourth-order valence-electron chi connectivity index (χ4n) is 3.74. The van der Waals surface area contributed by atoms with Gasteiger partial charge in [0.15, 0.2) is 0 Å². The van der Waals surface area contributed by atoms with Crippen LogP contribution in [0.1, 0.15) is 37.9 Å². The van der Waals surface area contributed by atoms with Crippen LogP contribution in [0.4, 0.5) is 0 Å². The van der Waals surface area contributed by atoms with Gasteiger partial charge in [0, 0.05) is 17.4 Å². The Morgan fingerprint density at radius 3 is 2.86 bits per heavy atom. The number of nitrogens with one attached hydrogen (secondary N) is 1. The van der Waals surface area contributed by atoms with Gasteiger partial charge >= 0.3 is 0 Å². The molecule has 0 aliphatic carbocycles. The maximum Gasteiger partial charge on any atom is 0.106 e. The Hall–Kier alpha value is -1.03. The minimum atomic E-state index is -0.156. The van der Waals surface area contributed by atoms with Crippen LogP contribution < -0.4 is 5.32 Å². The second-order valence-corrected chi connectivity index (χ2v) is 6.18. The molecule has 3 rings (SSSR count). The molecule has 0 saturated heterocycles. The molecule has 1 aliphatic heterocycles. The van der Waals surface area contributed by atoms with Gasteiger partial charge in [0.05, 0.1) is 12.3 Å². The maximum atomic E-state index is 6.23. The zero-order valence-corrected chi connectivity index (χ0v) is 14.6. The molecular weight excluding hydrogens is 296 g/mol. The predicted molar refractivity (Wildman–Crippen MR) is 95.0 cm³/mol. The fraction of sp³-hybridized carbons (Fsp3) is 0.556. The molecule has 22 heavy (non-hydrogen) atoms. The number of ether oxygens (including phenoxy) is 1. The summed E-state index contributed by atoms with van der Waals surface area (Å²) in [4.78, 5) is 0. The average Bonchev–Trinajstić information content (AvgIpc) is 2.79. The molecule has 122 valence electrons. The molecule has 0 spiro atoms. The van der Waals surface area contributed by atoms with Crippen molar-refractivity contribution in [2.75, 3.05) is 19.7 Å². The van der Waals surface area contributed by atoms with Crippen molar-refractivity contribution in [2.24, 2.45) is 0 Å².